The summed E-state index contributed by atoms with van der Waals surface area (Å²) in [6.07, 6.45) is 1.92. The van der Waals surface area contributed by atoms with Gasteiger partial charge in [0.15, 0.2) is 0 Å². The van der Waals surface area contributed by atoms with Gasteiger partial charge in [-0.2, -0.15) is 0 Å². The number of rotatable bonds is 1. The Morgan fingerprint density at radius 1 is 1.29 bits per heavy atom. The second-order valence-corrected chi connectivity index (χ2v) is 4.74. The molecule has 17 heavy (non-hydrogen) atoms. The van der Waals surface area contributed by atoms with Crippen LogP contribution in [0.1, 0.15) is 20.8 Å². The van der Waals surface area contributed by atoms with Crippen LogP contribution in [0.15, 0.2) is 11.6 Å². The molecule has 4 atom stereocenters. The predicted octanol–water partition coefficient (Wildman–Crippen LogP) is 0.403. The quantitative estimate of drug-likeness (QED) is 0.407. The van der Waals surface area contributed by atoms with Crippen LogP contribution in [0.5, 0.6) is 0 Å². The number of cyclic esters (lactones) is 2. The molecule has 92 valence electrons. The SMILES string of the molecule is CC(=O)N[C@@H]1C(C)=C[C@H](C)[C@@H]2C(=O)OC(=O)[C@@H]21. The lowest BCUT2D eigenvalue weighted by atomic mass is 9.72. The molecule has 1 aliphatic heterocycles. The van der Waals surface area contributed by atoms with Crippen molar-refractivity contribution < 1.29 is 19.1 Å². The van der Waals surface area contributed by atoms with Gasteiger partial charge < -0.3 is 10.1 Å². The molecule has 0 spiro atoms. The molecule has 0 radical (unpaired) electrons. The standard InChI is InChI=1S/C12H15NO4/c1-5-4-6(2)10(13-7(3)14)9-8(5)11(15)17-12(9)16/h4-5,8-10H,1-3H3,(H,13,14)/t5-,8-,9-,10+/m0/s1. The largest absolute Gasteiger partial charge is 0.393 e. The van der Waals surface area contributed by atoms with Gasteiger partial charge in [-0.25, -0.2) is 0 Å². The Morgan fingerprint density at radius 3 is 2.47 bits per heavy atom. The number of amides is 1. The van der Waals surface area contributed by atoms with E-state index in [2.05, 4.69) is 10.1 Å². The van der Waals surface area contributed by atoms with Gasteiger partial charge in [0.25, 0.3) is 0 Å². The lowest BCUT2D eigenvalue weighted by molar-refractivity contribution is -0.154. The fraction of sp³-hybridized carbons (Fsp3) is 0.583. The van der Waals surface area contributed by atoms with Crippen molar-refractivity contribution in [2.45, 2.75) is 26.8 Å². The summed E-state index contributed by atoms with van der Waals surface area (Å²) >= 11 is 0. The van der Waals surface area contributed by atoms with Gasteiger partial charge in [0, 0.05) is 6.92 Å². The number of hydrogen-bond donors (Lipinski definition) is 1. The first-order valence-electron chi connectivity index (χ1n) is 5.62. The second-order valence-electron chi connectivity index (χ2n) is 4.74. The monoisotopic (exact) mass is 237 g/mol. The first kappa shape index (κ1) is 11.8. The van der Waals surface area contributed by atoms with Gasteiger partial charge in [0.05, 0.1) is 17.9 Å². The van der Waals surface area contributed by atoms with Crippen LogP contribution in [-0.4, -0.2) is 23.9 Å². The van der Waals surface area contributed by atoms with Crippen LogP contribution in [0.25, 0.3) is 0 Å². The second kappa shape index (κ2) is 3.98. The highest BCUT2D eigenvalue weighted by Gasteiger charge is 2.53. The lowest BCUT2D eigenvalue weighted by Gasteiger charge is -2.32. The summed E-state index contributed by atoms with van der Waals surface area (Å²) in [6.45, 7) is 5.12. The Morgan fingerprint density at radius 2 is 1.88 bits per heavy atom. The zero-order chi connectivity index (χ0) is 12.7. The highest BCUT2D eigenvalue weighted by Crippen LogP contribution is 2.39. The summed E-state index contributed by atoms with van der Waals surface area (Å²) in [5.41, 5.74) is 0.903. The summed E-state index contributed by atoms with van der Waals surface area (Å²) < 4.78 is 4.68. The van der Waals surface area contributed by atoms with E-state index in [1.807, 2.05) is 19.9 Å². The molecule has 0 aromatic heterocycles. The maximum atomic E-state index is 11.7. The minimum Gasteiger partial charge on any atom is -0.393 e. The van der Waals surface area contributed by atoms with Gasteiger partial charge in [-0.05, 0) is 12.8 Å². The number of hydrogen-bond acceptors (Lipinski definition) is 4. The molecule has 1 amide bonds. The number of allylic oxidation sites excluding steroid dienone is 1. The topological polar surface area (TPSA) is 72.5 Å². The highest BCUT2D eigenvalue weighted by atomic mass is 16.6. The number of esters is 2. The molecule has 2 rings (SSSR count). The van der Waals surface area contributed by atoms with E-state index in [9.17, 15) is 14.4 Å². The van der Waals surface area contributed by atoms with Gasteiger partial charge in [-0.3, -0.25) is 14.4 Å². The van der Waals surface area contributed by atoms with Crippen molar-refractivity contribution in [3.8, 4) is 0 Å². The van der Waals surface area contributed by atoms with E-state index in [0.29, 0.717) is 0 Å². The Hall–Kier alpha value is -1.65. The van der Waals surface area contributed by atoms with Crippen LogP contribution in [0, 0.1) is 17.8 Å². The molecule has 0 aromatic carbocycles. The molecule has 0 unspecified atom stereocenters. The van der Waals surface area contributed by atoms with E-state index >= 15 is 0 Å². The molecule has 1 N–H and O–H groups in total. The van der Waals surface area contributed by atoms with Gasteiger partial charge in [0.1, 0.15) is 0 Å². The van der Waals surface area contributed by atoms with Crippen LogP contribution in [0.2, 0.25) is 0 Å². The molecule has 0 bridgehead atoms. The van der Waals surface area contributed by atoms with Crippen molar-refractivity contribution in [3.63, 3.8) is 0 Å². The Labute approximate surface area is 99.2 Å². The average Bonchev–Trinajstić information content (AvgIpc) is 2.48. The zero-order valence-corrected chi connectivity index (χ0v) is 10.0. The Kier molecular flexibility index (Phi) is 2.77. The molecule has 1 aliphatic carbocycles. The number of carbonyl (C=O) groups excluding carboxylic acids is 3. The summed E-state index contributed by atoms with van der Waals surface area (Å²) in [5.74, 6) is -2.31. The minimum absolute atomic E-state index is 0.0380. The van der Waals surface area contributed by atoms with Crippen LogP contribution < -0.4 is 5.32 Å². The first-order chi connectivity index (χ1) is 7.91. The first-order valence-corrected chi connectivity index (χ1v) is 5.62. The van der Waals surface area contributed by atoms with Crippen molar-refractivity contribution in [3.05, 3.63) is 11.6 Å². The summed E-state index contributed by atoms with van der Waals surface area (Å²) in [5, 5.41) is 2.71. The fourth-order valence-corrected chi connectivity index (χ4v) is 2.74. The van der Waals surface area contributed by atoms with Gasteiger partial charge >= 0.3 is 11.9 Å². The molecule has 5 heteroatoms. The molecule has 5 nitrogen and oxygen atoms in total. The van der Waals surface area contributed by atoms with Crippen LogP contribution in [-0.2, 0) is 19.1 Å². The number of nitrogens with one attached hydrogen (secondary N) is 1. The molecule has 1 heterocycles. The maximum Gasteiger partial charge on any atom is 0.319 e. The zero-order valence-electron chi connectivity index (χ0n) is 10.0. The van der Waals surface area contributed by atoms with Crippen LogP contribution in [0.3, 0.4) is 0 Å². The van der Waals surface area contributed by atoms with Gasteiger partial charge in [-0.1, -0.05) is 18.6 Å². The molecule has 1 fully saturated rings. The third-order valence-corrected chi connectivity index (χ3v) is 3.43. The van der Waals surface area contributed by atoms with Gasteiger partial charge in [0.2, 0.25) is 5.91 Å². The van der Waals surface area contributed by atoms with E-state index in [1.54, 1.807) is 0 Å². The van der Waals surface area contributed by atoms with Crippen molar-refractivity contribution >= 4 is 17.8 Å². The van der Waals surface area contributed by atoms with Crippen LogP contribution in [0.4, 0.5) is 0 Å². The Bertz CT molecular complexity index is 426. The van der Waals surface area contributed by atoms with Crippen LogP contribution >= 0.6 is 0 Å². The van der Waals surface area contributed by atoms with Gasteiger partial charge in [-0.15, -0.1) is 0 Å². The van der Waals surface area contributed by atoms with E-state index in [-0.39, 0.29) is 11.8 Å². The maximum absolute atomic E-state index is 11.7. The normalized spacial score (nSPS) is 36.1. The van der Waals surface area contributed by atoms with Crippen molar-refractivity contribution in [2.24, 2.45) is 17.8 Å². The van der Waals surface area contributed by atoms with Crippen molar-refractivity contribution in [1.82, 2.24) is 5.32 Å². The summed E-state index contributed by atoms with van der Waals surface area (Å²) in [6, 6.07) is -0.423. The lowest BCUT2D eigenvalue weighted by Crippen LogP contribution is -2.48. The fourth-order valence-electron chi connectivity index (χ4n) is 2.74. The molecule has 1 saturated heterocycles. The molecule has 0 saturated carbocycles. The highest BCUT2D eigenvalue weighted by molar-refractivity contribution is 5.98. The summed E-state index contributed by atoms with van der Waals surface area (Å²) in [7, 11) is 0. The van der Waals surface area contributed by atoms with E-state index < -0.39 is 29.8 Å². The average molecular weight is 237 g/mol. The number of ether oxygens (including phenoxy) is 1. The molecular weight excluding hydrogens is 222 g/mol. The van der Waals surface area contributed by atoms with Crippen molar-refractivity contribution in [1.29, 1.82) is 0 Å². The third-order valence-electron chi connectivity index (χ3n) is 3.43. The third kappa shape index (κ3) is 1.85. The summed E-state index contributed by atoms with van der Waals surface area (Å²) in [4.78, 5) is 34.4. The minimum atomic E-state index is -0.577. The van der Waals surface area contributed by atoms with E-state index in [4.69, 9.17) is 0 Å². The molecule has 0 aromatic rings. The van der Waals surface area contributed by atoms with E-state index in [0.717, 1.165) is 5.57 Å². The van der Waals surface area contributed by atoms with E-state index in [1.165, 1.54) is 6.92 Å². The predicted molar refractivity (Wildman–Crippen MR) is 58.6 cm³/mol. The number of carbonyl (C=O) groups is 3. The molecule has 2 aliphatic rings. The van der Waals surface area contributed by atoms with Crippen molar-refractivity contribution in [2.75, 3.05) is 0 Å². The number of fused-ring (bicyclic) bond motifs is 1. The Balaban J connectivity index is 2.38. The molecular formula is C12H15NO4. The smallest absolute Gasteiger partial charge is 0.319 e.